The number of hydrogen-bond donors (Lipinski definition) is 1. The molecule has 0 aliphatic carbocycles. The molecule has 23 heavy (non-hydrogen) atoms. The van der Waals surface area contributed by atoms with Gasteiger partial charge in [0.2, 0.25) is 0 Å². The molecular weight excluding hydrogens is 324 g/mol. The van der Waals surface area contributed by atoms with Gasteiger partial charge < -0.3 is 10.0 Å². The summed E-state index contributed by atoms with van der Waals surface area (Å²) in [5.74, 6) is -1.84. The van der Waals surface area contributed by atoms with E-state index in [1.807, 2.05) is 10.9 Å². The molecule has 1 aliphatic heterocycles. The Labute approximate surface area is 138 Å². The van der Waals surface area contributed by atoms with E-state index < -0.39 is 17.7 Å². The summed E-state index contributed by atoms with van der Waals surface area (Å²) in [5, 5.41) is 15.1. The maximum Gasteiger partial charge on any atom is 0.159 e. The molecule has 0 bridgehead atoms. The van der Waals surface area contributed by atoms with E-state index in [4.69, 9.17) is 11.6 Å². The Hall–Kier alpha value is -1.50. The predicted molar refractivity (Wildman–Crippen MR) is 83.3 cm³/mol. The molecule has 1 unspecified atom stereocenters. The molecule has 1 aromatic heterocycles. The molecule has 1 aliphatic rings. The summed E-state index contributed by atoms with van der Waals surface area (Å²) in [6.45, 7) is 2.02. The molecule has 0 saturated carbocycles. The summed E-state index contributed by atoms with van der Waals surface area (Å²) in [7, 11) is 0. The Balaban J connectivity index is 1.54. The van der Waals surface area contributed by atoms with Gasteiger partial charge in [0.1, 0.15) is 0 Å². The van der Waals surface area contributed by atoms with Crippen molar-refractivity contribution in [1.29, 1.82) is 0 Å². The lowest BCUT2D eigenvalue weighted by molar-refractivity contribution is 0.0887. The van der Waals surface area contributed by atoms with E-state index in [0.717, 1.165) is 38.1 Å². The van der Waals surface area contributed by atoms with E-state index in [-0.39, 0.29) is 0 Å². The van der Waals surface area contributed by atoms with Crippen molar-refractivity contribution in [2.24, 2.45) is 0 Å². The third kappa shape index (κ3) is 3.88. The van der Waals surface area contributed by atoms with Gasteiger partial charge in [0.15, 0.2) is 11.6 Å². The molecule has 1 saturated heterocycles. The highest BCUT2D eigenvalue weighted by Crippen LogP contribution is 2.25. The van der Waals surface area contributed by atoms with Crippen LogP contribution in [0.1, 0.15) is 30.6 Å². The van der Waals surface area contributed by atoms with Crippen LogP contribution in [0.2, 0.25) is 5.02 Å². The molecule has 0 spiro atoms. The maximum atomic E-state index is 13.2. The number of nitrogens with zero attached hydrogens (tertiary/aromatic N) is 3. The fourth-order valence-electron chi connectivity index (χ4n) is 2.95. The van der Waals surface area contributed by atoms with Crippen LogP contribution in [0.25, 0.3) is 0 Å². The number of hydrogen-bond acceptors (Lipinski definition) is 3. The second kappa shape index (κ2) is 6.95. The van der Waals surface area contributed by atoms with Crippen LogP contribution >= 0.6 is 11.6 Å². The van der Waals surface area contributed by atoms with Gasteiger partial charge in [-0.05, 0) is 30.5 Å². The molecule has 2 aromatic rings. The highest BCUT2D eigenvalue weighted by Gasteiger charge is 2.23. The van der Waals surface area contributed by atoms with Crippen LogP contribution in [0.3, 0.4) is 0 Å². The minimum atomic E-state index is -0.934. The zero-order valence-corrected chi connectivity index (χ0v) is 13.3. The predicted octanol–water partition coefficient (Wildman–Crippen LogP) is 3.19. The highest BCUT2D eigenvalue weighted by molar-refractivity contribution is 6.30. The van der Waals surface area contributed by atoms with Crippen molar-refractivity contribution in [2.75, 3.05) is 19.6 Å². The Kier molecular flexibility index (Phi) is 4.94. The van der Waals surface area contributed by atoms with Gasteiger partial charge >= 0.3 is 0 Å². The average Bonchev–Trinajstić information content (AvgIpc) is 2.97. The Morgan fingerprint density at radius 3 is 2.61 bits per heavy atom. The van der Waals surface area contributed by atoms with Gasteiger partial charge in [-0.15, -0.1) is 0 Å². The van der Waals surface area contributed by atoms with E-state index >= 15 is 0 Å². The Morgan fingerprint density at radius 1 is 1.26 bits per heavy atom. The molecule has 2 heterocycles. The first-order chi connectivity index (χ1) is 11.0. The van der Waals surface area contributed by atoms with Gasteiger partial charge in [-0.1, -0.05) is 17.7 Å². The molecule has 4 nitrogen and oxygen atoms in total. The van der Waals surface area contributed by atoms with Gasteiger partial charge in [0.05, 0.1) is 23.4 Å². The van der Waals surface area contributed by atoms with Crippen LogP contribution in [0.15, 0.2) is 30.6 Å². The summed E-state index contributed by atoms with van der Waals surface area (Å²) >= 11 is 5.88. The fourth-order valence-corrected chi connectivity index (χ4v) is 3.09. The summed E-state index contributed by atoms with van der Waals surface area (Å²) in [6.07, 6.45) is 4.42. The maximum absolute atomic E-state index is 13.2. The topological polar surface area (TPSA) is 41.3 Å². The van der Waals surface area contributed by atoms with Crippen molar-refractivity contribution < 1.29 is 13.9 Å². The molecule has 1 fully saturated rings. The van der Waals surface area contributed by atoms with Crippen LogP contribution in [0, 0.1) is 11.6 Å². The second-order valence-electron chi connectivity index (χ2n) is 5.86. The minimum Gasteiger partial charge on any atom is -0.387 e. The van der Waals surface area contributed by atoms with Crippen LogP contribution in [-0.2, 0) is 0 Å². The number of benzene rings is 1. The number of rotatable bonds is 4. The van der Waals surface area contributed by atoms with Crippen molar-refractivity contribution >= 4 is 11.6 Å². The molecule has 3 rings (SSSR count). The van der Waals surface area contributed by atoms with Crippen molar-refractivity contribution in [1.82, 2.24) is 14.7 Å². The molecule has 1 aromatic carbocycles. The Morgan fingerprint density at radius 2 is 2.00 bits per heavy atom. The number of β-amino-alcohol motifs (C(OH)–C–C–N with tert-alkyl or cyclic N) is 1. The zero-order chi connectivity index (χ0) is 16.4. The summed E-state index contributed by atoms with van der Waals surface area (Å²) in [6, 6.07) is 3.82. The first-order valence-corrected chi connectivity index (χ1v) is 7.96. The van der Waals surface area contributed by atoms with E-state index in [2.05, 4.69) is 10.00 Å². The van der Waals surface area contributed by atoms with E-state index in [1.54, 1.807) is 6.20 Å². The summed E-state index contributed by atoms with van der Waals surface area (Å²) in [5.41, 5.74) is 0.393. The van der Waals surface area contributed by atoms with Crippen LogP contribution < -0.4 is 0 Å². The molecule has 1 N–H and O–H groups in total. The smallest absolute Gasteiger partial charge is 0.159 e. The van der Waals surface area contributed by atoms with Crippen LogP contribution in [-0.4, -0.2) is 39.4 Å². The lowest BCUT2D eigenvalue weighted by atomic mass is 10.0. The van der Waals surface area contributed by atoms with Gasteiger partial charge in [0, 0.05) is 25.8 Å². The lowest BCUT2D eigenvalue weighted by Gasteiger charge is -2.33. The molecule has 1 atom stereocenters. The standard InChI is InChI=1S/C16H18ClF2N3O/c17-12-8-20-22(9-12)13-3-5-21(6-4-13)10-16(23)11-1-2-14(18)15(19)7-11/h1-2,7-9,13,16,23H,3-6,10H2. The van der Waals surface area contributed by atoms with Crippen molar-refractivity contribution in [3.63, 3.8) is 0 Å². The first kappa shape index (κ1) is 16.4. The van der Waals surface area contributed by atoms with Crippen LogP contribution in [0.5, 0.6) is 0 Å². The highest BCUT2D eigenvalue weighted by atomic mass is 35.5. The number of aliphatic hydroxyl groups is 1. The normalized spacial score (nSPS) is 18.3. The molecule has 124 valence electrons. The SMILES string of the molecule is OC(CN1CCC(n2cc(Cl)cn2)CC1)c1ccc(F)c(F)c1. The van der Waals surface area contributed by atoms with Crippen molar-refractivity contribution in [3.05, 3.63) is 52.8 Å². The largest absolute Gasteiger partial charge is 0.387 e. The van der Waals surface area contributed by atoms with Gasteiger partial charge in [-0.2, -0.15) is 5.10 Å². The monoisotopic (exact) mass is 341 g/mol. The molecule has 7 heteroatoms. The first-order valence-electron chi connectivity index (χ1n) is 7.58. The fraction of sp³-hybridized carbons (Fsp3) is 0.438. The Bertz CT molecular complexity index is 671. The van der Waals surface area contributed by atoms with Gasteiger partial charge in [-0.25, -0.2) is 8.78 Å². The third-order valence-electron chi connectivity index (χ3n) is 4.26. The van der Waals surface area contributed by atoms with Crippen molar-refractivity contribution in [2.45, 2.75) is 25.0 Å². The molecule has 0 amide bonds. The van der Waals surface area contributed by atoms with E-state index in [9.17, 15) is 13.9 Å². The second-order valence-corrected chi connectivity index (χ2v) is 6.30. The summed E-state index contributed by atoms with van der Waals surface area (Å²) in [4.78, 5) is 2.12. The number of piperidine rings is 1. The zero-order valence-electron chi connectivity index (χ0n) is 12.5. The van der Waals surface area contributed by atoms with E-state index in [1.165, 1.54) is 6.07 Å². The quantitative estimate of drug-likeness (QED) is 0.928. The molecular formula is C16H18ClF2N3O. The minimum absolute atomic E-state index is 0.305. The van der Waals surface area contributed by atoms with Gasteiger partial charge in [0.25, 0.3) is 0 Å². The number of halogens is 3. The average molecular weight is 342 g/mol. The summed E-state index contributed by atoms with van der Waals surface area (Å²) < 4.78 is 28.1. The number of aliphatic hydroxyl groups excluding tert-OH is 1. The number of aromatic nitrogens is 2. The van der Waals surface area contributed by atoms with E-state index in [0.29, 0.717) is 23.2 Å². The van der Waals surface area contributed by atoms with Crippen molar-refractivity contribution in [3.8, 4) is 0 Å². The van der Waals surface area contributed by atoms with Gasteiger partial charge in [-0.3, -0.25) is 4.68 Å². The third-order valence-corrected chi connectivity index (χ3v) is 4.46. The molecule has 0 radical (unpaired) electrons. The number of likely N-dealkylation sites (tertiary alicyclic amines) is 1. The van der Waals surface area contributed by atoms with Crippen LogP contribution in [0.4, 0.5) is 8.78 Å². The lowest BCUT2D eigenvalue weighted by Crippen LogP contribution is -2.37.